The standard InChI is InChI=1S/C16H18N4O3S/c21-16(19-18-15-8-4-5-10-17-15)14-9-11-20(14)24(22,23)12-13-6-2-1-3-7-13/h1-8,10,14H,9,11-12H2,(H,17,18)(H,19,21)/t14-/m0/s1. The zero-order chi connectivity index (χ0) is 17.0. The fourth-order valence-electron chi connectivity index (χ4n) is 2.47. The number of sulfonamides is 1. The Hall–Kier alpha value is -2.45. The van der Waals surface area contributed by atoms with Gasteiger partial charge in [0.05, 0.1) is 5.75 Å². The molecule has 0 unspecified atom stereocenters. The normalized spacial score (nSPS) is 17.8. The van der Waals surface area contributed by atoms with Gasteiger partial charge in [-0.25, -0.2) is 13.4 Å². The monoisotopic (exact) mass is 346 g/mol. The fourth-order valence-corrected chi connectivity index (χ4v) is 4.22. The maximum absolute atomic E-state index is 12.5. The summed E-state index contributed by atoms with van der Waals surface area (Å²) in [6.45, 7) is 0.358. The van der Waals surface area contributed by atoms with Crippen molar-refractivity contribution in [2.45, 2.75) is 18.2 Å². The zero-order valence-corrected chi connectivity index (χ0v) is 13.7. The summed E-state index contributed by atoms with van der Waals surface area (Å²) in [5.74, 6) is -0.00178. The Balaban J connectivity index is 1.60. The van der Waals surface area contributed by atoms with Crippen molar-refractivity contribution < 1.29 is 13.2 Å². The van der Waals surface area contributed by atoms with Crippen molar-refractivity contribution in [2.24, 2.45) is 0 Å². The van der Waals surface area contributed by atoms with Crippen molar-refractivity contribution in [1.82, 2.24) is 14.7 Å². The lowest BCUT2D eigenvalue weighted by atomic mass is 10.1. The van der Waals surface area contributed by atoms with E-state index in [0.717, 1.165) is 0 Å². The van der Waals surface area contributed by atoms with Gasteiger partial charge in [-0.15, -0.1) is 0 Å². The molecule has 1 amide bonds. The second-order valence-electron chi connectivity index (χ2n) is 5.49. The molecular formula is C16H18N4O3S. The maximum Gasteiger partial charge on any atom is 0.256 e. The van der Waals surface area contributed by atoms with Crippen LogP contribution in [0, 0.1) is 0 Å². The van der Waals surface area contributed by atoms with Crippen LogP contribution in [0.25, 0.3) is 0 Å². The minimum atomic E-state index is -3.52. The molecule has 1 atom stereocenters. The van der Waals surface area contributed by atoms with E-state index >= 15 is 0 Å². The van der Waals surface area contributed by atoms with Gasteiger partial charge in [0.2, 0.25) is 10.0 Å². The number of rotatable bonds is 6. The molecule has 0 radical (unpaired) electrons. The molecule has 1 aliphatic rings. The lowest BCUT2D eigenvalue weighted by Gasteiger charge is -2.38. The van der Waals surface area contributed by atoms with Gasteiger partial charge in [-0.1, -0.05) is 36.4 Å². The lowest BCUT2D eigenvalue weighted by Crippen LogP contribution is -2.59. The van der Waals surface area contributed by atoms with Crippen LogP contribution in [0.5, 0.6) is 0 Å². The number of carbonyl (C=O) groups excluding carboxylic acids is 1. The third-order valence-corrected chi connectivity index (χ3v) is 5.65. The van der Waals surface area contributed by atoms with Crippen LogP contribution in [0.1, 0.15) is 12.0 Å². The smallest absolute Gasteiger partial charge is 0.256 e. The minimum Gasteiger partial charge on any atom is -0.282 e. The largest absolute Gasteiger partial charge is 0.282 e. The molecule has 1 aromatic carbocycles. The molecule has 1 aliphatic heterocycles. The molecule has 0 bridgehead atoms. The average molecular weight is 346 g/mol. The number of nitrogens with one attached hydrogen (secondary N) is 2. The Labute approximate surface area is 140 Å². The van der Waals surface area contributed by atoms with E-state index in [1.807, 2.05) is 6.07 Å². The molecule has 126 valence electrons. The van der Waals surface area contributed by atoms with Gasteiger partial charge in [-0.05, 0) is 24.1 Å². The van der Waals surface area contributed by atoms with Crippen LogP contribution in [-0.4, -0.2) is 36.2 Å². The SMILES string of the molecule is O=C(NNc1ccccn1)[C@@H]1CCN1S(=O)(=O)Cc1ccccc1. The van der Waals surface area contributed by atoms with Crippen molar-refractivity contribution in [3.05, 3.63) is 60.3 Å². The van der Waals surface area contributed by atoms with Gasteiger partial charge >= 0.3 is 0 Å². The maximum atomic E-state index is 12.5. The number of benzene rings is 1. The van der Waals surface area contributed by atoms with Crippen LogP contribution in [-0.2, 0) is 20.6 Å². The lowest BCUT2D eigenvalue weighted by molar-refractivity contribution is -0.127. The highest BCUT2D eigenvalue weighted by Crippen LogP contribution is 2.24. The molecule has 0 aliphatic carbocycles. The summed E-state index contributed by atoms with van der Waals surface area (Å²) >= 11 is 0. The zero-order valence-electron chi connectivity index (χ0n) is 12.9. The first-order chi connectivity index (χ1) is 11.6. The molecule has 8 heteroatoms. The first-order valence-electron chi connectivity index (χ1n) is 7.56. The summed E-state index contributed by atoms with van der Waals surface area (Å²) in [5.41, 5.74) is 5.90. The van der Waals surface area contributed by atoms with E-state index in [4.69, 9.17) is 0 Å². The second-order valence-corrected chi connectivity index (χ2v) is 7.41. The molecule has 1 aromatic heterocycles. The summed E-state index contributed by atoms with van der Waals surface area (Å²) < 4.78 is 26.2. The van der Waals surface area contributed by atoms with Crippen LogP contribution in [0.4, 0.5) is 5.82 Å². The van der Waals surface area contributed by atoms with Gasteiger partial charge in [-0.3, -0.25) is 15.6 Å². The van der Waals surface area contributed by atoms with E-state index in [1.165, 1.54) is 4.31 Å². The summed E-state index contributed by atoms with van der Waals surface area (Å²) in [6, 6.07) is 13.5. The van der Waals surface area contributed by atoms with Crippen LogP contribution in [0.2, 0.25) is 0 Å². The number of hydrogen-bond donors (Lipinski definition) is 2. The molecule has 1 saturated heterocycles. The number of amides is 1. The fraction of sp³-hybridized carbons (Fsp3) is 0.250. The van der Waals surface area contributed by atoms with Crippen molar-refractivity contribution >= 4 is 21.7 Å². The van der Waals surface area contributed by atoms with Crippen molar-refractivity contribution in [3.8, 4) is 0 Å². The Morgan fingerprint density at radius 2 is 1.92 bits per heavy atom. The third-order valence-electron chi connectivity index (χ3n) is 3.80. The summed E-state index contributed by atoms with van der Waals surface area (Å²) in [4.78, 5) is 16.2. The van der Waals surface area contributed by atoms with Crippen LogP contribution in [0.3, 0.4) is 0 Å². The van der Waals surface area contributed by atoms with Crippen molar-refractivity contribution in [3.63, 3.8) is 0 Å². The summed E-state index contributed by atoms with van der Waals surface area (Å²) in [5, 5.41) is 0. The molecule has 0 spiro atoms. The Bertz CT molecular complexity index is 797. The predicted molar refractivity (Wildman–Crippen MR) is 90.2 cm³/mol. The number of hydrazine groups is 1. The van der Waals surface area contributed by atoms with Gasteiger partial charge in [0.15, 0.2) is 0 Å². The first kappa shape index (κ1) is 16.4. The van der Waals surface area contributed by atoms with Crippen molar-refractivity contribution in [1.29, 1.82) is 0 Å². The van der Waals surface area contributed by atoms with Gasteiger partial charge in [0, 0.05) is 12.7 Å². The molecule has 24 heavy (non-hydrogen) atoms. The Morgan fingerprint density at radius 1 is 1.17 bits per heavy atom. The van der Waals surface area contributed by atoms with E-state index in [0.29, 0.717) is 24.3 Å². The molecule has 0 saturated carbocycles. The van der Waals surface area contributed by atoms with E-state index in [9.17, 15) is 13.2 Å². The molecule has 2 heterocycles. The average Bonchev–Trinajstić information content (AvgIpc) is 2.53. The number of pyridine rings is 1. The van der Waals surface area contributed by atoms with E-state index in [2.05, 4.69) is 15.8 Å². The summed E-state index contributed by atoms with van der Waals surface area (Å²) in [6.07, 6.45) is 2.10. The summed E-state index contributed by atoms with van der Waals surface area (Å²) in [7, 11) is -3.52. The Kier molecular flexibility index (Phi) is 4.77. The number of hydrogen-bond acceptors (Lipinski definition) is 5. The highest BCUT2D eigenvalue weighted by Gasteiger charge is 2.41. The molecule has 3 rings (SSSR count). The number of anilines is 1. The molecule has 7 nitrogen and oxygen atoms in total. The molecule has 1 fully saturated rings. The van der Waals surface area contributed by atoms with Crippen molar-refractivity contribution in [2.75, 3.05) is 12.0 Å². The molecule has 2 N–H and O–H groups in total. The predicted octanol–water partition coefficient (Wildman–Crippen LogP) is 1.13. The van der Waals surface area contributed by atoms with Crippen LogP contribution < -0.4 is 10.9 Å². The van der Waals surface area contributed by atoms with Gasteiger partial charge in [0.25, 0.3) is 5.91 Å². The Morgan fingerprint density at radius 3 is 2.54 bits per heavy atom. The van der Waals surface area contributed by atoms with Crippen LogP contribution >= 0.6 is 0 Å². The topological polar surface area (TPSA) is 91.4 Å². The van der Waals surface area contributed by atoms with E-state index in [1.54, 1.807) is 48.7 Å². The minimum absolute atomic E-state index is 0.106. The van der Waals surface area contributed by atoms with E-state index < -0.39 is 16.1 Å². The highest BCUT2D eigenvalue weighted by atomic mass is 32.2. The van der Waals surface area contributed by atoms with Gasteiger partial charge < -0.3 is 0 Å². The molecule has 2 aromatic rings. The second kappa shape index (κ2) is 6.98. The van der Waals surface area contributed by atoms with Gasteiger partial charge in [-0.2, -0.15) is 4.31 Å². The van der Waals surface area contributed by atoms with E-state index in [-0.39, 0.29) is 11.7 Å². The number of aromatic nitrogens is 1. The first-order valence-corrected chi connectivity index (χ1v) is 9.17. The van der Waals surface area contributed by atoms with Gasteiger partial charge in [0.1, 0.15) is 11.9 Å². The number of carbonyl (C=O) groups is 1. The molecular weight excluding hydrogens is 328 g/mol. The van der Waals surface area contributed by atoms with Crippen LogP contribution in [0.15, 0.2) is 54.7 Å². The number of nitrogens with zero attached hydrogens (tertiary/aromatic N) is 2. The quantitative estimate of drug-likeness (QED) is 0.765. The highest BCUT2D eigenvalue weighted by molar-refractivity contribution is 7.88. The third kappa shape index (κ3) is 3.72.